The number of hydrogen-bond donors (Lipinski definition) is 0. The Labute approximate surface area is 116 Å². The summed E-state index contributed by atoms with van der Waals surface area (Å²) < 4.78 is 0. The quantitative estimate of drug-likeness (QED) is 0.672. The van der Waals surface area contributed by atoms with Gasteiger partial charge in [-0.25, -0.2) is 0 Å². The SMILES string of the molecule is Cc1cccc(C(Br)Cc2cccc(Cl)c2)c1. The smallest absolute Gasteiger partial charge is 0.0435 e. The van der Waals surface area contributed by atoms with Crippen LogP contribution in [0, 0.1) is 6.92 Å². The number of aryl methyl sites for hydroxylation is 1. The van der Waals surface area contributed by atoms with Gasteiger partial charge in [0.15, 0.2) is 0 Å². The lowest BCUT2D eigenvalue weighted by atomic mass is 10.0. The van der Waals surface area contributed by atoms with Crippen molar-refractivity contribution in [2.45, 2.75) is 18.2 Å². The van der Waals surface area contributed by atoms with Gasteiger partial charge in [0.05, 0.1) is 0 Å². The second-order valence-corrected chi connectivity index (χ2v) is 5.76. The molecular weight excluding hydrogens is 296 g/mol. The van der Waals surface area contributed by atoms with Gasteiger partial charge in [-0.3, -0.25) is 0 Å². The molecule has 1 unspecified atom stereocenters. The first-order valence-electron chi connectivity index (χ1n) is 5.60. The van der Waals surface area contributed by atoms with Gasteiger partial charge in [0.25, 0.3) is 0 Å². The number of alkyl halides is 1. The molecule has 0 nitrogen and oxygen atoms in total. The van der Waals surface area contributed by atoms with Gasteiger partial charge in [-0.2, -0.15) is 0 Å². The average Bonchev–Trinajstić information content (AvgIpc) is 2.29. The molecule has 0 fully saturated rings. The Balaban J connectivity index is 2.14. The van der Waals surface area contributed by atoms with Gasteiger partial charge < -0.3 is 0 Å². The van der Waals surface area contributed by atoms with Crippen molar-refractivity contribution in [2.24, 2.45) is 0 Å². The Morgan fingerprint density at radius 2 is 1.88 bits per heavy atom. The molecule has 2 heteroatoms. The zero-order valence-electron chi connectivity index (χ0n) is 9.66. The zero-order valence-corrected chi connectivity index (χ0v) is 12.0. The normalized spacial score (nSPS) is 12.4. The summed E-state index contributed by atoms with van der Waals surface area (Å²) in [5, 5.41) is 0.798. The number of halogens is 2. The Hall–Kier alpha value is -0.790. The third-order valence-corrected chi connectivity index (χ3v) is 3.80. The molecule has 0 aliphatic rings. The summed E-state index contributed by atoms with van der Waals surface area (Å²) >= 11 is 9.72. The van der Waals surface area contributed by atoms with Crippen LogP contribution in [0.4, 0.5) is 0 Å². The first-order valence-corrected chi connectivity index (χ1v) is 6.89. The minimum atomic E-state index is 0.334. The molecule has 0 aliphatic heterocycles. The monoisotopic (exact) mass is 308 g/mol. The molecule has 0 aromatic heterocycles. The van der Waals surface area contributed by atoms with Crippen molar-refractivity contribution in [3.8, 4) is 0 Å². The molecule has 0 spiro atoms. The van der Waals surface area contributed by atoms with Gasteiger partial charge in [-0.15, -0.1) is 0 Å². The van der Waals surface area contributed by atoms with E-state index in [2.05, 4.69) is 53.2 Å². The molecule has 0 radical (unpaired) electrons. The maximum Gasteiger partial charge on any atom is 0.0435 e. The van der Waals surface area contributed by atoms with Gasteiger partial charge in [0, 0.05) is 9.85 Å². The summed E-state index contributed by atoms with van der Waals surface area (Å²) in [6, 6.07) is 16.6. The van der Waals surface area contributed by atoms with E-state index in [4.69, 9.17) is 11.6 Å². The maximum absolute atomic E-state index is 5.98. The molecule has 1 atom stereocenters. The lowest BCUT2D eigenvalue weighted by molar-refractivity contribution is 0.947. The van der Waals surface area contributed by atoms with E-state index >= 15 is 0 Å². The molecule has 0 amide bonds. The minimum absolute atomic E-state index is 0.334. The van der Waals surface area contributed by atoms with E-state index in [1.54, 1.807) is 0 Å². The summed E-state index contributed by atoms with van der Waals surface area (Å²) in [5.74, 6) is 0. The van der Waals surface area contributed by atoms with Crippen LogP contribution in [0.3, 0.4) is 0 Å². The fraction of sp³-hybridized carbons (Fsp3) is 0.200. The molecule has 0 saturated heterocycles. The molecule has 0 bridgehead atoms. The van der Waals surface area contributed by atoms with Crippen LogP contribution in [0.15, 0.2) is 48.5 Å². The van der Waals surface area contributed by atoms with Crippen LogP contribution in [0.2, 0.25) is 5.02 Å². The number of hydrogen-bond acceptors (Lipinski definition) is 0. The van der Waals surface area contributed by atoms with Crippen molar-refractivity contribution in [1.29, 1.82) is 0 Å². The Morgan fingerprint density at radius 3 is 2.59 bits per heavy atom. The highest BCUT2D eigenvalue weighted by molar-refractivity contribution is 9.09. The lowest BCUT2D eigenvalue weighted by Crippen LogP contribution is -1.95. The van der Waals surface area contributed by atoms with E-state index in [-0.39, 0.29) is 0 Å². The predicted molar refractivity (Wildman–Crippen MR) is 78.0 cm³/mol. The van der Waals surface area contributed by atoms with Crippen molar-refractivity contribution in [1.82, 2.24) is 0 Å². The predicted octanol–water partition coefficient (Wildman–Crippen LogP) is 5.33. The van der Waals surface area contributed by atoms with Crippen molar-refractivity contribution in [2.75, 3.05) is 0 Å². The fourth-order valence-electron chi connectivity index (χ4n) is 1.85. The van der Waals surface area contributed by atoms with Crippen molar-refractivity contribution in [3.05, 3.63) is 70.2 Å². The van der Waals surface area contributed by atoms with Crippen molar-refractivity contribution in [3.63, 3.8) is 0 Å². The fourth-order valence-corrected chi connectivity index (χ4v) is 2.73. The Kier molecular flexibility index (Phi) is 4.25. The van der Waals surface area contributed by atoms with Crippen LogP contribution < -0.4 is 0 Å². The molecule has 0 saturated carbocycles. The summed E-state index contributed by atoms with van der Waals surface area (Å²) in [6.45, 7) is 2.11. The van der Waals surface area contributed by atoms with Gasteiger partial charge in [-0.1, -0.05) is 69.5 Å². The molecule has 0 N–H and O–H groups in total. The summed E-state index contributed by atoms with van der Waals surface area (Å²) in [7, 11) is 0. The summed E-state index contributed by atoms with van der Waals surface area (Å²) in [5.41, 5.74) is 3.85. The maximum atomic E-state index is 5.98. The molecule has 17 heavy (non-hydrogen) atoms. The van der Waals surface area contributed by atoms with E-state index in [1.165, 1.54) is 16.7 Å². The van der Waals surface area contributed by atoms with Gasteiger partial charge >= 0.3 is 0 Å². The van der Waals surface area contributed by atoms with Gasteiger partial charge in [-0.05, 0) is 36.6 Å². The first-order chi connectivity index (χ1) is 8.15. The molecule has 0 aliphatic carbocycles. The van der Waals surface area contributed by atoms with Crippen LogP contribution in [-0.2, 0) is 6.42 Å². The van der Waals surface area contributed by atoms with E-state index in [0.717, 1.165) is 11.4 Å². The van der Waals surface area contributed by atoms with Gasteiger partial charge in [0.2, 0.25) is 0 Å². The Bertz CT molecular complexity index is 508. The lowest BCUT2D eigenvalue weighted by Gasteiger charge is -2.11. The highest BCUT2D eigenvalue weighted by atomic mass is 79.9. The van der Waals surface area contributed by atoms with Crippen LogP contribution in [0.25, 0.3) is 0 Å². The third kappa shape index (κ3) is 3.58. The molecule has 2 aromatic carbocycles. The number of benzene rings is 2. The van der Waals surface area contributed by atoms with E-state index in [0.29, 0.717) is 4.83 Å². The van der Waals surface area contributed by atoms with E-state index < -0.39 is 0 Å². The van der Waals surface area contributed by atoms with Gasteiger partial charge in [0.1, 0.15) is 0 Å². The van der Waals surface area contributed by atoms with E-state index in [1.807, 2.05) is 18.2 Å². The van der Waals surface area contributed by atoms with Crippen molar-refractivity contribution < 1.29 is 0 Å². The molecule has 0 heterocycles. The van der Waals surface area contributed by atoms with Crippen LogP contribution in [0.5, 0.6) is 0 Å². The molecule has 2 aromatic rings. The highest BCUT2D eigenvalue weighted by Crippen LogP contribution is 2.28. The zero-order chi connectivity index (χ0) is 12.3. The Morgan fingerprint density at radius 1 is 1.12 bits per heavy atom. The highest BCUT2D eigenvalue weighted by Gasteiger charge is 2.08. The molecule has 88 valence electrons. The number of rotatable bonds is 3. The minimum Gasteiger partial charge on any atom is -0.0843 e. The van der Waals surface area contributed by atoms with Crippen molar-refractivity contribution >= 4 is 27.5 Å². The van der Waals surface area contributed by atoms with E-state index in [9.17, 15) is 0 Å². The standard InChI is InChI=1S/C15H14BrCl/c1-11-4-2-6-13(8-11)15(16)10-12-5-3-7-14(17)9-12/h2-9,15H,10H2,1H3. The third-order valence-electron chi connectivity index (χ3n) is 2.71. The molecular formula is C15H14BrCl. The first kappa shape index (κ1) is 12.7. The summed E-state index contributed by atoms with van der Waals surface area (Å²) in [6.07, 6.45) is 0.948. The molecule has 2 rings (SSSR count). The summed E-state index contributed by atoms with van der Waals surface area (Å²) in [4.78, 5) is 0.334. The van der Waals surface area contributed by atoms with Crippen LogP contribution in [-0.4, -0.2) is 0 Å². The second kappa shape index (κ2) is 5.70. The second-order valence-electron chi connectivity index (χ2n) is 4.22. The van der Waals surface area contributed by atoms with Crippen LogP contribution in [0.1, 0.15) is 21.5 Å². The topological polar surface area (TPSA) is 0 Å². The largest absolute Gasteiger partial charge is 0.0843 e. The average molecular weight is 310 g/mol. The van der Waals surface area contributed by atoms with Crippen LogP contribution >= 0.6 is 27.5 Å².